The number of rotatable bonds is 3. The van der Waals surface area contributed by atoms with E-state index in [1.54, 1.807) is 32.0 Å². The van der Waals surface area contributed by atoms with Crippen LogP contribution < -0.4 is 4.18 Å². The van der Waals surface area contributed by atoms with Crippen molar-refractivity contribution in [3.8, 4) is 5.75 Å². The summed E-state index contributed by atoms with van der Waals surface area (Å²) in [5.74, 6) is -1.82. The second-order valence-electron chi connectivity index (χ2n) is 4.41. The van der Waals surface area contributed by atoms with Crippen molar-refractivity contribution in [2.75, 3.05) is 0 Å². The molecule has 0 aliphatic heterocycles. The molecule has 0 bridgehead atoms. The molecular weight excluding hydrogens is 286 g/mol. The van der Waals surface area contributed by atoms with Crippen molar-refractivity contribution in [2.45, 2.75) is 18.7 Å². The van der Waals surface area contributed by atoms with Crippen LogP contribution >= 0.6 is 0 Å². The van der Waals surface area contributed by atoms with Gasteiger partial charge in [0.2, 0.25) is 0 Å². The van der Waals surface area contributed by atoms with Crippen LogP contribution in [0.4, 0.5) is 8.78 Å². The van der Waals surface area contributed by atoms with E-state index in [4.69, 9.17) is 4.18 Å². The van der Waals surface area contributed by atoms with Crippen molar-refractivity contribution < 1.29 is 21.4 Å². The number of benzene rings is 2. The number of hydrogen-bond donors (Lipinski definition) is 0. The lowest BCUT2D eigenvalue weighted by Gasteiger charge is -2.10. The fraction of sp³-hybridized carbons (Fsp3) is 0.143. The summed E-state index contributed by atoms with van der Waals surface area (Å²) in [5, 5.41) is 0. The molecule has 20 heavy (non-hydrogen) atoms. The molecule has 0 fully saturated rings. The van der Waals surface area contributed by atoms with Crippen molar-refractivity contribution in [2.24, 2.45) is 0 Å². The van der Waals surface area contributed by atoms with Crippen LogP contribution in [0, 0.1) is 25.5 Å². The van der Waals surface area contributed by atoms with E-state index < -0.39 is 26.6 Å². The van der Waals surface area contributed by atoms with Crippen LogP contribution in [0.25, 0.3) is 0 Å². The van der Waals surface area contributed by atoms with E-state index >= 15 is 0 Å². The Balaban J connectivity index is 2.43. The van der Waals surface area contributed by atoms with Gasteiger partial charge in [-0.05, 0) is 43.2 Å². The number of aryl methyl sites for hydroxylation is 2. The lowest BCUT2D eigenvalue weighted by Crippen LogP contribution is -2.11. The lowest BCUT2D eigenvalue weighted by atomic mass is 10.1. The van der Waals surface area contributed by atoms with Gasteiger partial charge in [-0.1, -0.05) is 12.1 Å². The van der Waals surface area contributed by atoms with Crippen molar-refractivity contribution in [1.82, 2.24) is 0 Å². The quantitative estimate of drug-likeness (QED) is 0.816. The first-order valence-electron chi connectivity index (χ1n) is 5.76. The Labute approximate surface area is 115 Å². The van der Waals surface area contributed by atoms with Crippen LogP contribution in [0.5, 0.6) is 5.75 Å². The minimum absolute atomic E-state index is 0.134. The smallest absolute Gasteiger partial charge is 0.339 e. The number of hydrogen-bond acceptors (Lipinski definition) is 3. The van der Waals surface area contributed by atoms with Crippen molar-refractivity contribution in [1.29, 1.82) is 0 Å². The van der Waals surface area contributed by atoms with Crippen LogP contribution in [0.1, 0.15) is 11.1 Å². The van der Waals surface area contributed by atoms with E-state index in [1.807, 2.05) is 0 Å². The van der Waals surface area contributed by atoms with Crippen molar-refractivity contribution >= 4 is 10.1 Å². The highest BCUT2D eigenvalue weighted by atomic mass is 32.2. The molecule has 0 N–H and O–H groups in total. The van der Waals surface area contributed by atoms with Gasteiger partial charge < -0.3 is 4.18 Å². The molecule has 106 valence electrons. The standard InChI is InChI=1S/C14H12F2O3S/c1-9-3-4-10(2)14(5-9)19-20(17,18)13-7-11(15)6-12(16)8-13/h3-8H,1-2H3. The highest BCUT2D eigenvalue weighted by Gasteiger charge is 2.20. The summed E-state index contributed by atoms with van der Waals surface area (Å²) in [6, 6.07) is 7.07. The zero-order chi connectivity index (χ0) is 14.9. The first-order chi connectivity index (χ1) is 9.28. The third kappa shape index (κ3) is 3.14. The van der Waals surface area contributed by atoms with Gasteiger partial charge in [0.05, 0.1) is 0 Å². The van der Waals surface area contributed by atoms with Gasteiger partial charge in [0, 0.05) is 6.07 Å². The van der Waals surface area contributed by atoms with Gasteiger partial charge in [0.1, 0.15) is 22.3 Å². The zero-order valence-electron chi connectivity index (χ0n) is 10.9. The Morgan fingerprint density at radius 3 is 2.15 bits per heavy atom. The van der Waals surface area contributed by atoms with E-state index in [2.05, 4.69) is 0 Å². The van der Waals surface area contributed by atoms with E-state index in [0.29, 0.717) is 23.8 Å². The molecule has 2 aromatic carbocycles. The average molecular weight is 298 g/mol. The van der Waals surface area contributed by atoms with Crippen LogP contribution in [0.2, 0.25) is 0 Å². The Hall–Kier alpha value is -1.95. The van der Waals surface area contributed by atoms with E-state index in [-0.39, 0.29) is 5.75 Å². The highest BCUT2D eigenvalue weighted by Crippen LogP contribution is 2.24. The summed E-state index contributed by atoms with van der Waals surface area (Å²) in [6.07, 6.45) is 0. The Morgan fingerprint density at radius 1 is 0.950 bits per heavy atom. The molecule has 0 saturated heterocycles. The van der Waals surface area contributed by atoms with Gasteiger partial charge >= 0.3 is 10.1 Å². The summed E-state index contributed by atoms with van der Waals surface area (Å²) < 4.78 is 55.1. The first-order valence-corrected chi connectivity index (χ1v) is 7.16. The maximum absolute atomic E-state index is 13.1. The summed E-state index contributed by atoms with van der Waals surface area (Å²) >= 11 is 0. The summed E-state index contributed by atoms with van der Waals surface area (Å²) in [6.45, 7) is 3.46. The molecule has 0 spiro atoms. The first kappa shape index (κ1) is 14.5. The molecule has 2 aromatic rings. The predicted octanol–water partition coefficient (Wildman–Crippen LogP) is 3.35. The minimum atomic E-state index is -4.28. The van der Waals surface area contributed by atoms with E-state index in [9.17, 15) is 17.2 Å². The van der Waals surface area contributed by atoms with Crippen LogP contribution in [0.15, 0.2) is 41.3 Å². The molecule has 0 atom stereocenters. The van der Waals surface area contributed by atoms with Gasteiger partial charge in [-0.2, -0.15) is 8.42 Å². The second kappa shape index (κ2) is 5.20. The molecule has 0 aromatic heterocycles. The molecular formula is C14H12F2O3S. The fourth-order valence-corrected chi connectivity index (χ4v) is 2.66. The summed E-state index contributed by atoms with van der Waals surface area (Å²) in [7, 11) is -4.28. The van der Waals surface area contributed by atoms with E-state index in [1.165, 1.54) is 0 Å². The van der Waals surface area contributed by atoms with Gasteiger partial charge in [-0.3, -0.25) is 0 Å². The molecule has 3 nitrogen and oxygen atoms in total. The third-order valence-corrected chi connectivity index (χ3v) is 3.88. The molecule has 0 radical (unpaired) electrons. The topological polar surface area (TPSA) is 43.4 Å². The van der Waals surface area contributed by atoms with Gasteiger partial charge in [0.15, 0.2) is 0 Å². The molecule has 0 unspecified atom stereocenters. The van der Waals surface area contributed by atoms with Crippen LogP contribution in [-0.4, -0.2) is 8.42 Å². The average Bonchev–Trinajstić information content (AvgIpc) is 2.32. The Bertz CT molecular complexity index is 735. The molecule has 0 amide bonds. The largest absolute Gasteiger partial charge is 0.379 e. The molecule has 2 rings (SSSR count). The fourth-order valence-electron chi connectivity index (χ4n) is 1.64. The maximum Gasteiger partial charge on any atom is 0.339 e. The molecule has 0 saturated carbocycles. The molecule has 6 heteroatoms. The second-order valence-corrected chi connectivity index (χ2v) is 5.96. The zero-order valence-corrected chi connectivity index (χ0v) is 11.7. The number of halogens is 2. The maximum atomic E-state index is 13.1. The van der Waals surface area contributed by atoms with Crippen LogP contribution in [-0.2, 0) is 10.1 Å². The monoisotopic (exact) mass is 298 g/mol. The Morgan fingerprint density at radius 2 is 1.55 bits per heavy atom. The minimum Gasteiger partial charge on any atom is -0.379 e. The summed E-state index contributed by atoms with van der Waals surface area (Å²) in [4.78, 5) is -0.559. The van der Waals surface area contributed by atoms with Crippen molar-refractivity contribution in [3.05, 3.63) is 59.2 Å². The normalized spacial score (nSPS) is 11.4. The van der Waals surface area contributed by atoms with Crippen molar-refractivity contribution in [3.63, 3.8) is 0 Å². The van der Waals surface area contributed by atoms with E-state index in [0.717, 1.165) is 5.56 Å². The molecule has 0 aliphatic carbocycles. The van der Waals surface area contributed by atoms with Gasteiger partial charge in [-0.25, -0.2) is 8.78 Å². The highest BCUT2D eigenvalue weighted by molar-refractivity contribution is 7.87. The Kier molecular flexibility index (Phi) is 3.76. The predicted molar refractivity (Wildman–Crippen MR) is 70.1 cm³/mol. The van der Waals surface area contributed by atoms with Crippen LogP contribution in [0.3, 0.4) is 0 Å². The summed E-state index contributed by atoms with van der Waals surface area (Å²) in [5.41, 5.74) is 1.42. The van der Waals surface area contributed by atoms with Gasteiger partial charge in [0.25, 0.3) is 0 Å². The molecule has 0 heterocycles. The SMILES string of the molecule is Cc1ccc(C)c(OS(=O)(=O)c2cc(F)cc(F)c2)c1. The lowest BCUT2D eigenvalue weighted by molar-refractivity contribution is 0.480. The molecule has 0 aliphatic rings. The van der Waals surface area contributed by atoms with Gasteiger partial charge in [-0.15, -0.1) is 0 Å². The third-order valence-electron chi connectivity index (χ3n) is 2.67.